The highest BCUT2D eigenvalue weighted by atomic mass is 32.2. The minimum absolute atomic E-state index is 0.0666. The van der Waals surface area contributed by atoms with Crippen LogP contribution >= 0.6 is 0 Å². The highest BCUT2D eigenvalue weighted by molar-refractivity contribution is 7.85. The van der Waals surface area contributed by atoms with Crippen LogP contribution in [0, 0.1) is 12.3 Å². The van der Waals surface area contributed by atoms with E-state index in [1.165, 1.54) is 12.1 Å². The van der Waals surface area contributed by atoms with Crippen molar-refractivity contribution in [2.24, 2.45) is 11.1 Å². The minimum Gasteiger partial charge on any atom is -0.480 e. The Hall–Kier alpha value is -1.70. The Morgan fingerprint density at radius 2 is 1.91 bits per heavy atom. The molecule has 7 heteroatoms. The molecule has 2 atom stereocenters. The number of carbonyl (C=O) groups is 1. The summed E-state index contributed by atoms with van der Waals surface area (Å²) in [5.74, 6) is -0.917. The molecule has 0 amide bonds. The Kier molecular flexibility index (Phi) is 5.17. The second-order valence-electron chi connectivity index (χ2n) is 5.46. The van der Waals surface area contributed by atoms with Gasteiger partial charge in [-0.05, 0) is 31.9 Å². The van der Waals surface area contributed by atoms with Gasteiger partial charge >= 0.3 is 5.97 Å². The van der Waals surface area contributed by atoms with Crippen LogP contribution in [0.4, 0.5) is 0 Å². The first-order valence-corrected chi connectivity index (χ1v) is 8.16. The molecule has 1 saturated carbocycles. The molecule has 0 aliphatic heterocycles. The molecule has 1 aliphatic carbocycles. The summed E-state index contributed by atoms with van der Waals surface area (Å²) in [6.45, 7) is 7.37. The van der Waals surface area contributed by atoms with Crippen molar-refractivity contribution in [1.82, 2.24) is 0 Å². The number of rotatable bonds is 4. The molecule has 6 nitrogen and oxygen atoms in total. The van der Waals surface area contributed by atoms with Crippen LogP contribution in [0.15, 0.2) is 41.8 Å². The number of hydrogen-bond acceptors (Lipinski definition) is 4. The Labute approximate surface area is 130 Å². The number of benzene rings is 1. The number of hydrogen-bond donors (Lipinski definition) is 3. The molecule has 0 saturated heterocycles. The van der Waals surface area contributed by atoms with E-state index >= 15 is 0 Å². The molecule has 0 radical (unpaired) electrons. The lowest BCUT2D eigenvalue weighted by molar-refractivity contribution is -0.140. The first-order valence-electron chi connectivity index (χ1n) is 6.72. The number of aryl methyl sites for hydroxylation is 1. The summed E-state index contributed by atoms with van der Waals surface area (Å²) in [5.41, 5.74) is 5.19. The molecule has 0 aromatic heterocycles. The van der Waals surface area contributed by atoms with Gasteiger partial charge in [0.15, 0.2) is 0 Å². The predicted molar refractivity (Wildman–Crippen MR) is 83.1 cm³/mol. The molecule has 1 aromatic rings. The van der Waals surface area contributed by atoms with Crippen LogP contribution in [0.1, 0.15) is 25.3 Å². The molecule has 0 spiro atoms. The average molecular weight is 327 g/mol. The molecular formula is C15H21NO5S. The summed E-state index contributed by atoms with van der Waals surface area (Å²) in [4.78, 5) is 10.6. The van der Waals surface area contributed by atoms with Gasteiger partial charge in [-0.2, -0.15) is 8.42 Å². The van der Waals surface area contributed by atoms with Gasteiger partial charge in [-0.25, -0.2) is 0 Å². The van der Waals surface area contributed by atoms with Crippen LogP contribution in [0.2, 0.25) is 0 Å². The molecule has 0 bridgehead atoms. The molecule has 1 aliphatic rings. The van der Waals surface area contributed by atoms with Crippen molar-refractivity contribution in [2.45, 2.75) is 37.1 Å². The fraction of sp³-hybridized carbons (Fsp3) is 0.400. The van der Waals surface area contributed by atoms with Crippen molar-refractivity contribution in [2.75, 3.05) is 0 Å². The van der Waals surface area contributed by atoms with E-state index in [1.807, 2.05) is 13.8 Å². The van der Waals surface area contributed by atoms with Gasteiger partial charge in [0, 0.05) is 5.41 Å². The van der Waals surface area contributed by atoms with Crippen molar-refractivity contribution in [3.8, 4) is 0 Å². The SMILES string of the molecule is C=CC1(CC)CC1(N)C(=O)O.Cc1ccc(S(=O)(=O)O)cc1. The first kappa shape index (κ1) is 18.3. The fourth-order valence-electron chi connectivity index (χ4n) is 2.29. The maximum atomic E-state index is 10.6. The van der Waals surface area contributed by atoms with Crippen LogP contribution in [-0.2, 0) is 14.9 Å². The summed E-state index contributed by atoms with van der Waals surface area (Å²) in [6, 6.07) is 5.99. The molecule has 4 N–H and O–H groups in total. The van der Waals surface area contributed by atoms with Crippen molar-refractivity contribution >= 4 is 16.1 Å². The van der Waals surface area contributed by atoms with Gasteiger partial charge < -0.3 is 10.8 Å². The molecule has 2 unspecified atom stereocenters. The lowest BCUT2D eigenvalue weighted by atomic mass is 9.97. The fourth-order valence-corrected chi connectivity index (χ4v) is 2.77. The largest absolute Gasteiger partial charge is 0.480 e. The molecule has 22 heavy (non-hydrogen) atoms. The molecule has 0 heterocycles. The summed E-state index contributed by atoms with van der Waals surface area (Å²) in [7, 11) is -4.02. The van der Waals surface area contributed by atoms with Crippen molar-refractivity contribution in [1.29, 1.82) is 0 Å². The van der Waals surface area contributed by atoms with E-state index in [9.17, 15) is 13.2 Å². The smallest absolute Gasteiger partial charge is 0.324 e. The second-order valence-corrected chi connectivity index (χ2v) is 6.88. The van der Waals surface area contributed by atoms with Gasteiger partial charge in [0.1, 0.15) is 5.54 Å². The molecular weight excluding hydrogens is 306 g/mol. The van der Waals surface area contributed by atoms with Crippen LogP contribution < -0.4 is 5.73 Å². The van der Waals surface area contributed by atoms with Gasteiger partial charge in [-0.1, -0.05) is 30.7 Å². The Balaban J connectivity index is 0.000000220. The van der Waals surface area contributed by atoms with Gasteiger partial charge in [0.05, 0.1) is 4.90 Å². The van der Waals surface area contributed by atoms with E-state index in [-0.39, 0.29) is 10.3 Å². The zero-order chi connectivity index (χ0) is 17.2. The van der Waals surface area contributed by atoms with Crippen molar-refractivity contribution in [3.05, 3.63) is 42.5 Å². The third-order valence-electron chi connectivity index (χ3n) is 4.08. The zero-order valence-corrected chi connectivity index (χ0v) is 13.4. The monoisotopic (exact) mass is 327 g/mol. The highest BCUT2D eigenvalue weighted by Crippen LogP contribution is 2.57. The zero-order valence-electron chi connectivity index (χ0n) is 12.6. The number of carboxylic acids is 1. The summed E-state index contributed by atoms with van der Waals surface area (Å²) in [6.07, 6.45) is 2.94. The average Bonchev–Trinajstić information content (AvgIpc) is 3.07. The lowest BCUT2D eigenvalue weighted by Gasteiger charge is -2.12. The van der Waals surface area contributed by atoms with E-state index in [1.54, 1.807) is 18.2 Å². The van der Waals surface area contributed by atoms with E-state index in [0.717, 1.165) is 12.0 Å². The third kappa shape index (κ3) is 3.55. The predicted octanol–water partition coefficient (Wildman–Crippen LogP) is 2.00. The van der Waals surface area contributed by atoms with Gasteiger partial charge in [-0.15, -0.1) is 6.58 Å². The molecule has 2 rings (SSSR count). The van der Waals surface area contributed by atoms with Crippen molar-refractivity contribution in [3.63, 3.8) is 0 Å². The molecule has 122 valence electrons. The quantitative estimate of drug-likeness (QED) is 0.575. The minimum atomic E-state index is -4.02. The Morgan fingerprint density at radius 3 is 2.14 bits per heavy atom. The summed E-state index contributed by atoms with van der Waals surface area (Å²) >= 11 is 0. The van der Waals surface area contributed by atoms with E-state index in [4.69, 9.17) is 15.4 Å². The van der Waals surface area contributed by atoms with Crippen LogP contribution in [0.25, 0.3) is 0 Å². The first-order chi connectivity index (χ1) is 10.0. The molecule has 1 aromatic carbocycles. The summed E-state index contributed by atoms with van der Waals surface area (Å²) < 4.78 is 29.6. The maximum absolute atomic E-state index is 10.6. The highest BCUT2D eigenvalue weighted by Gasteiger charge is 2.67. The van der Waals surface area contributed by atoms with Crippen LogP contribution in [0.5, 0.6) is 0 Å². The van der Waals surface area contributed by atoms with E-state index < -0.39 is 21.6 Å². The summed E-state index contributed by atoms with van der Waals surface area (Å²) in [5, 5.41) is 8.74. The topological polar surface area (TPSA) is 118 Å². The van der Waals surface area contributed by atoms with Gasteiger partial charge in [0.2, 0.25) is 0 Å². The number of carboxylic acid groups (broad SMARTS) is 1. The van der Waals surface area contributed by atoms with E-state index in [0.29, 0.717) is 6.42 Å². The van der Waals surface area contributed by atoms with Gasteiger partial charge in [0.25, 0.3) is 10.1 Å². The second kappa shape index (κ2) is 6.20. The lowest BCUT2D eigenvalue weighted by Crippen LogP contribution is -2.38. The van der Waals surface area contributed by atoms with Crippen LogP contribution in [-0.4, -0.2) is 29.6 Å². The third-order valence-corrected chi connectivity index (χ3v) is 4.95. The van der Waals surface area contributed by atoms with Gasteiger partial charge in [-0.3, -0.25) is 9.35 Å². The van der Waals surface area contributed by atoms with Crippen LogP contribution in [0.3, 0.4) is 0 Å². The standard InChI is InChI=1S/C8H13NO2.C7H8O3S/c1-3-7(4-2)5-8(7,9)6(10)11;1-6-2-4-7(5-3-6)11(8,9)10/h3H,1,4-5,9H2,2H3,(H,10,11);2-5H,1H3,(H,8,9,10). The molecule has 1 fully saturated rings. The maximum Gasteiger partial charge on any atom is 0.324 e. The normalized spacial score (nSPS) is 26.5. The number of nitrogens with two attached hydrogens (primary N) is 1. The Bertz CT molecular complexity index is 666. The van der Waals surface area contributed by atoms with E-state index in [2.05, 4.69) is 6.58 Å². The Morgan fingerprint density at radius 1 is 1.41 bits per heavy atom. The van der Waals surface area contributed by atoms with Crippen molar-refractivity contribution < 1.29 is 22.9 Å². The number of aliphatic carboxylic acids is 1.